The monoisotopic (exact) mass is 426 g/mol. The smallest absolute Gasteiger partial charge is 0.447 e. The van der Waals surface area contributed by atoms with Crippen LogP contribution in [0.25, 0.3) is 0 Å². The van der Waals surface area contributed by atoms with Crippen LogP contribution in [0.15, 0.2) is 30.4 Å². The van der Waals surface area contributed by atoms with Crippen molar-refractivity contribution in [2.24, 2.45) is 30.4 Å². The third kappa shape index (κ3) is 4.03. The first kappa shape index (κ1) is 22.7. The van der Waals surface area contributed by atoms with Gasteiger partial charge in [-0.1, -0.05) is 0 Å². The number of rotatable bonds is 2. The molecule has 2 aliphatic rings. The SMILES string of the molecule is O=C(O)C1(C(F)(F)F)N=CN=N1.O=C(O)C1(C(F)(F)F)N=CN=N1.[Zn]. The summed E-state index contributed by atoms with van der Waals surface area (Å²) in [5, 5.41) is 27.0. The molecule has 0 amide bonds. The normalized spacial score (nSPS) is 26.8. The number of hydrogen-bond acceptors (Lipinski definition) is 8. The zero-order valence-electron chi connectivity index (χ0n) is 11.5. The summed E-state index contributed by atoms with van der Waals surface area (Å²) in [5.41, 5.74) is -6.85. The van der Waals surface area contributed by atoms with Crippen LogP contribution >= 0.6 is 0 Å². The summed E-state index contributed by atoms with van der Waals surface area (Å²) in [6.07, 6.45) is -9.20. The molecule has 2 atom stereocenters. The van der Waals surface area contributed by atoms with E-state index in [0.29, 0.717) is 12.7 Å². The molecule has 0 aromatic rings. The second-order valence-corrected chi connectivity index (χ2v) is 3.87. The fraction of sp³-hybridized carbons (Fsp3) is 0.500. The van der Waals surface area contributed by atoms with Gasteiger partial charge in [0.25, 0.3) is 0 Å². The average molecular weight is 428 g/mol. The van der Waals surface area contributed by atoms with Crippen molar-refractivity contribution in [2.75, 3.05) is 0 Å². The van der Waals surface area contributed by atoms with Crippen molar-refractivity contribution >= 4 is 24.6 Å². The molecule has 134 valence electrons. The minimum Gasteiger partial charge on any atom is -0.478 e. The van der Waals surface area contributed by atoms with Gasteiger partial charge in [-0.3, -0.25) is 0 Å². The quantitative estimate of drug-likeness (QED) is 0.509. The van der Waals surface area contributed by atoms with Gasteiger partial charge in [-0.2, -0.15) is 26.3 Å². The topological polar surface area (TPSA) is 149 Å². The number of halogens is 6. The molecule has 2 N–H and O–H groups in total. The molecule has 0 radical (unpaired) electrons. The van der Waals surface area contributed by atoms with E-state index in [9.17, 15) is 35.9 Å². The van der Waals surface area contributed by atoms with Crippen molar-refractivity contribution in [3.63, 3.8) is 0 Å². The van der Waals surface area contributed by atoms with Crippen LogP contribution in [0.3, 0.4) is 0 Å². The molecule has 0 fully saturated rings. The largest absolute Gasteiger partial charge is 0.478 e. The van der Waals surface area contributed by atoms with Crippen molar-refractivity contribution in [3.8, 4) is 0 Å². The number of aliphatic imine (C=N–C) groups is 2. The molecule has 2 unspecified atom stereocenters. The molecule has 17 heteroatoms. The van der Waals surface area contributed by atoms with Crippen LogP contribution < -0.4 is 0 Å². The van der Waals surface area contributed by atoms with Crippen LogP contribution in [0.2, 0.25) is 0 Å². The Balaban J connectivity index is 0.000000443. The summed E-state index contributed by atoms with van der Waals surface area (Å²) in [4.78, 5) is 25.7. The first-order valence-corrected chi connectivity index (χ1v) is 5.32. The van der Waals surface area contributed by atoms with Gasteiger partial charge >= 0.3 is 35.6 Å². The van der Waals surface area contributed by atoms with Gasteiger partial charge in [0, 0.05) is 19.5 Å². The first-order valence-electron chi connectivity index (χ1n) is 5.32. The Bertz CT molecular complexity index is 576. The van der Waals surface area contributed by atoms with E-state index < -0.39 is 35.6 Å². The summed E-state index contributed by atoms with van der Waals surface area (Å²) < 4.78 is 72.1. The Hall–Kier alpha value is -2.32. The van der Waals surface area contributed by atoms with Gasteiger partial charge in [0.1, 0.15) is 12.7 Å². The van der Waals surface area contributed by atoms with Crippen molar-refractivity contribution in [2.45, 2.75) is 23.7 Å². The van der Waals surface area contributed by atoms with Crippen LogP contribution in [0.1, 0.15) is 0 Å². The number of aliphatic carboxylic acids is 2. The molecule has 0 aromatic carbocycles. The summed E-state index contributed by atoms with van der Waals surface area (Å²) in [7, 11) is 0. The van der Waals surface area contributed by atoms with Crippen LogP contribution in [-0.2, 0) is 29.1 Å². The average Bonchev–Trinajstić information content (AvgIpc) is 3.09. The number of hydrogen-bond donors (Lipinski definition) is 2. The van der Waals surface area contributed by atoms with Gasteiger partial charge in [0.2, 0.25) is 0 Å². The molecular weight excluding hydrogens is 424 g/mol. The molecule has 2 aliphatic heterocycles. The Kier molecular flexibility index (Phi) is 6.61. The Morgan fingerprint density at radius 3 is 1.12 bits per heavy atom. The zero-order chi connectivity index (χ0) is 18.8. The molecule has 2 rings (SSSR count). The molecule has 0 aliphatic carbocycles. The Morgan fingerprint density at radius 2 is 1.04 bits per heavy atom. The molecule has 10 nitrogen and oxygen atoms in total. The molecule has 2 heterocycles. The standard InChI is InChI=1S/2C4H2F3N3O2.Zn/c2*5-4(6,7)3(2(11)12)8-1-9-10-3;/h2*1H,(H,11,12);. The predicted octanol–water partition coefficient (Wildman–Crippen LogP) is 1.64. The molecule has 0 aromatic heterocycles. The maximum absolute atomic E-state index is 12.0. The molecule has 0 spiro atoms. The van der Waals surface area contributed by atoms with Gasteiger partial charge in [-0.25, -0.2) is 19.6 Å². The maximum Gasteiger partial charge on any atom is 0.447 e. The Morgan fingerprint density at radius 1 is 0.760 bits per heavy atom. The third-order valence-electron chi connectivity index (χ3n) is 2.38. The van der Waals surface area contributed by atoms with Crippen molar-refractivity contribution in [1.82, 2.24) is 0 Å². The number of azo groups is 2. The second-order valence-electron chi connectivity index (χ2n) is 3.87. The van der Waals surface area contributed by atoms with Crippen molar-refractivity contribution in [3.05, 3.63) is 0 Å². The van der Waals surface area contributed by atoms with E-state index in [4.69, 9.17) is 10.2 Å². The van der Waals surface area contributed by atoms with Gasteiger partial charge in [0.15, 0.2) is 0 Å². The maximum atomic E-state index is 12.0. The second kappa shape index (κ2) is 7.29. The van der Waals surface area contributed by atoms with Gasteiger partial charge in [0.05, 0.1) is 0 Å². The van der Waals surface area contributed by atoms with Crippen molar-refractivity contribution < 1.29 is 65.6 Å². The van der Waals surface area contributed by atoms with Crippen LogP contribution in [0, 0.1) is 0 Å². The van der Waals surface area contributed by atoms with Gasteiger partial charge in [-0.15, -0.1) is 20.5 Å². The van der Waals surface area contributed by atoms with E-state index in [1.165, 1.54) is 0 Å². The van der Waals surface area contributed by atoms with Gasteiger partial charge in [-0.05, 0) is 0 Å². The van der Waals surface area contributed by atoms with E-state index in [-0.39, 0.29) is 19.5 Å². The molecular formula is C8H4F6N6O4Zn. The summed E-state index contributed by atoms with van der Waals surface area (Å²) in [6.45, 7) is 0. The predicted molar refractivity (Wildman–Crippen MR) is 59.5 cm³/mol. The zero-order valence-corrected chi connectivity index (χ0v) is 14.5. The first-order chi connectivity index (χ1) is 10.8. The Labute approximate surface area is 145 Å². The number of carboxylic acid groups (broad SMARTS) is 2. The van der Waals surface area contributed by atoms with Gasteiger partial charge < -0.3 is 10.2 Å². The van der Waals surface area contributed by atoms with E-state index in [1.54, 1.807) is 0 Å². The third-order valence-corrected chi connectivity index (χ3v) is 2.38. The minimum absolute atomic E-state index is 0. The summed E-state index contributed by atoms with van der Waals surface area (Å²) in [6, 6.07) is 0. The molecule has 25 heavy (non-hydrogen) atoms. The fourth-order valence-electron chi connectivity index (χ4n) is 1.19. The number of nitrogens with zero attached hydrogens (tertiary/aromatic N) is 6. The molecule has 0 saturated heterocycles. The van der Waals surface area contributed by atoms with E-state index >= 15 is 0 Å². The van der Waals surface area contributed by atoms with Crippen LogP contribution in [0.5, 0.6) is 0 Å². The van der Waals surface area contributed by atoms with Crippen molar-refractivity contribution in [1.29, 1.82) is 0 Å². The number of alkyl halides is 6. The van der Waals surface area contributed by atoms with E-state index in [2.05, 4.69) is 30.4 Å². The summed E-state index contributed by atoms with van der Waals surface area (Å²) in [5.74, 6) is -4.38. The summed E-state index contributed by atoms with van der Waals surface area (Å²) >= 11 is 0. The van der Waals surface area contributed by atoms with Crippen LogP contribution in [-0.4, -0.2) is 58.5 Å². The fourth-order valence-corrected chi connectivity index (χ4v) is 1.19. The van der Waals surface area contributed by atoms with E-state index in [1.807, 2.05) is 0 Å². The molecule has 0 bridgehead atoms. The number of carbonyl (C=O) groups is 2. The number of carboxylic acids is 2. The van der Waals surface area contributed by atoms with E-state index in [0.717, 1.165) is 0 Å². The van der Waals surface area contributed by atoms with Crippen LogP contribution in [0.4, 0.5) is 26.3 Å². The minimum atomic E-state index is -5.06. The molecule has 0 saturated carbocycles.